The summed E-state index contributed by atoms with van der Waals surface area (Å²) in [7, 11) is 2.06. The van der Waals surface area contributed by atoms with Crippen LogP contribution in [0.1, 0.15) is 30.7 Å². The first kappa shape index (κ1) is 12.4. The highest BCUT2D eigenvalue weighted by Gasteiger charge is 2.17. The summed E-state index contributed by atoms with van der Waals surface area (Å²) in [6.45, 7) is 0. The fourth-order valence-corrected chi connectivity index (χ4v) is 4.27. The van der Waals surface area contributed by atoms with Crippen molar-refractivity contribution in [2.24, 2.45) is 0 Å². The van der Waals surface area contributed by atoms with E-state index in [4.69, 9.17) is 0 Å². The molecule has 0 spiro atoms. The Morgan fingerprint density at radius 3 is 3.00 bits per heavy atom. The van der Waals surface area contributed by atoms with Crippen LogP contribution in [0.15, 0.2) is 11.6 Å². The van der Waals surface area contributed by atoms with E-state index in [9.17, 15) is 0 Å². The molecule has 1 aromatic heterocycles. The first-order valence-corrected chi connectivity index (χ1v) is 7.98. The molecule has 1 aromatic rings. The maximum Gasteiger partial charge on any atom is 0.0940 e. The Labute approximate surface area is 106 Å². The van der Waals surface area contributed by atoms with Crippen molar-refractivity contribution in [1.82, 2.24) is 10.3 Å². The van der Waals surface area contributed by atoms with Crippen LogP contribution in [0.4, 0.5) is 0 Å². The normalized spacial score (nSPS) is 19.1. The zero-order chi connectivity index (χ0) is 11.2. The van der Waals surface area contributed by atoms with Crippen LogP contribution in [-0.2, 0) is 6.42 Å². The maximum absolute atomic E-state index is 4.35. The summed E-state index contributed by atoms with van der Waals surface area (Å²) in [6, 6.07) is 0.580. The molecule has 1 unspecified atom stereocenters. The van der Waals surface area contributed by atoms with E-state index < -0.39 is 0 Å². The summed E-state index contributed by atoms with van der Waals surface area (Å²) in [5.74, 6) is 1.22. The van der Waals surface area contributed by atoms with Gasteiger partial charge in [0, 0.05) is 35.0 Å². The molecule has 1 heterocycles. The van der Waals surface area contributed by atoms with E-state index in [2.05, 4.69) is 34.5 Å². The van der Waals surface area contributed by atoms with E-state index in [0.717, 1.165) is 11.7 Å². The van der Waals surface area contributed by atoms with E-state index in [-0.39, 0.29) is 0 Å². The van der Waals surface area contributed by atoms with Gasteiger partial charge in [0.25, 0.3) is 0 Å². The predicted molar refractivity (Wildman–Crippen MR) is 73.4 cm³/mol. The topological polar surface area (TPSA) is 24.9 Å². The highest BCUT2D eigenvalue weighted by molar-refractivity contribution is 7.99. The van der Waals surface area contributed by atoms with Gasteiger partial charge in [0.1, 0.15) is 0 Å². The molecule has 16 heavy (non-hydrogen) atoms. The van der Waals surface area contributed by atoms with Gasteiger partial charge >= 0.3 is 0 Å². The summed E-state index contributed by atoms with van der Waals surface area (Å²) in [4.78, 5) is 4.35. The second kappa shape index (κ2) is 6.62. The minimum Gasteiger partial charge on any atom is -0.316 e. The number of rotatable bonds is 6. The summed E-state index contributed by atoms with van der Waals surface area (Å²) < 4.78 is 0. The number of nitrogens with one attached hydrogen (secondary N) is 1. The molecule has 0 aromatic carbocycles. The number of thioether (sulfide) groups is 1. The quantitative estimate of drug-likeness (QED) is 0.847. The summed E-state index contributed by atoms with van der Waals surface area (Å²) in [5, 5.41) is 7.65. The molecule has 1 aliphatic carbocycles. The minimum absolute atomic E-state index is 0.580. The molecule has 1 aliphatic rings. The van der Waals surface area contributed by atoms with Gasteiger partial charge in [0.2, 0.25) is 0 Å². The van der Waals surface area contributed by atoms with Gasteiger partial charge in [-0.05, 0) is 19.9 Å². The molecule has 0 amide bonds. The average molecular weight is 256 g/mol. The van der Waals surface area contributed by atoms with Crippen molar-refractivity contribution in [3.05, 3.63) is 16.6 Å². The van der Waals surface area contributed by atoms with Gasteiger partial charge < -0.3 is 5.32 Å². The van der Waals surface area contributed by atoms with Crippen LogP contribution < -0.4 is 5.32 Å². The summed E-state index contributed by atoms with van der Waals surface area (Å²) in [5.41, 5.74) is 0. The lowest BCUT2D eigenvalue weighted by Gasteiger charge is -2.17. The third-order valence-corrected chi connectivity index (χ3v) is 5.49. The van der Waals surface area contributed by atoms with Gasteiger partial charge in [0.15, 0.2) is 0 Å². The van der Waals surface area contributed by atoms with Crippen molar-refractivity contribution < 1.29 is 0 Å². The van der Waals surface area contributed by atoms with Crippen molar-refractivity contribution in [2.45, 2.75) is 43.4 Å². The monoisotopic (exact) mass is 256 g/mol. The third kappa shape index (κ3) is 3.75. The molecule has 0 bridgehead atoms. The van der Waals surface area contributed by atoms with Crippen LogP contribution >= 0.6 is 23.1 Å². The third-order valence-electron chi connectivity index (χ3n) is 3.15. The SMILES string of the molecule is CNC(CSC1CCCC1)Cc1nccs1. The lowest BCUT2D eigenvalue weighted by atomic mass is 10.2. The number of aromatic nitrogens is 1. The Bertz CT molecular complexity index is 281. The van der Waals surface area contributed by atoms with E-state index in [1.807, 2.05) is 6.20 Å². The average Bonchev–Trinajstić information content (AvgIpc) is 2.97. The zero-order valence-corrected chi connectivity index (χ0v) is 11.4. The molecule has 1 N–H and O–H groups in total. The van der Waals surface area contributed by atoms with Crippen LogP contribution in [0.25, 0.3) is 0 Å². The van der Waals surface area contributed by atoms with E-state index in [1.165, 1.54) is 36.4 Å². The molecular weight excluding hydrogens is 236 g/mol. The molecule has 0 radical (unpaired) electrons. The van der Waals surface area contributed by atoms with Crippen molar-refractivity contribution in [3.8, 4) is 0 Å². The standard InChI is InChI=1S/C12H20N2S2/c1-13-10(8-12-14-6-7-15-12)9-16-11-4-2-3-5-11/h6-7,10-11,13H,2-5,8-9H2,1H3. The molecule has 2 nitrogen and oxygen atoms in total. The second-order valence-electron chi connectivity index (χ2n) is 4.36. The predicted octanol–water partition coefficient (Wildman–Crippen LogP) is 2.95. The largest absolute Gasteiger partial charge is 0.316 e. The number of hydrogen-bond acceptors (Lipinski definition) is 4. The lowest BCUT2D eigenvalue weighted by Crippen LogP contribution is -2.30. The fraction of sp³-hybridized carbons (Fsp3) is 0.750. The zero-order valence-electron chi connectivity index (χ0n) is 9.82. The Morgan fingerprint density at radius 1 is 1.56 bits per heavy atom. The van der Waals surface area contributed by atoms with Crippen LogP contribution in [0, 0.1) is 0 Å². The van der Waals surface area contributed by atoms with Crippen molar-refractivity contribution in [3.63, 3.8) is 0 Å². The highest BCUT2D eigenvalue weighted by atomic mass is 32.2. The van der Waals surface area contributed by atoms with Gasteiger partial charge in [-0.25, -0.2) is 4.98 Å². The van der Waals surface area contributed by atoms with Crippen molar-refractivity contribution in [1.29, 1.82) is 0 Å². The molecule has 1 saturated carbocycles. The molecule has 1 atom stereocenters. The summed E-state index contributed by atoms with van der Waals surface area (Å²) in [6.07, 6.45) is 8.71. The van der Waals surface area contributed by atoms with Gasteiger partial charge in [-0.1, -0.05) is 12.8 Å². The smallest absolute Gasteiger partial charge is 0.0940 e. The lowest BCUT2D eigenvalue weighted by molar-refractivity contribution is 0.614. The minimum atomic E-state index is 0.580. The second-order valence-corrected chi connectivity index (χ2v) is 6.67. The first-order valence-electron chi connectivity index (χ1n) is 6.05. The number of nitrogens with zero attached hydrogens (tertiary/aromatic N) is 1. The Morgan fingerprint density at radius 2 is 2.38 bits per heavy atom. The van der Waals surface area contributed by atoms with E-state index >= 15 is 0 Å². The molecule has 90 valence electrons. The number of thiazole rings is 1. The van der Waals surface area contributed by atoms with E-state index in [1.54, 1.807) is 11.3 Å². The van der Waals surface area contributed by atoms with Crippen LogP contribution in [0.2, 0.25) is 0 Å². The van der Waals surface area contributed by atoms with E-state index in [0.29, 0.717) is 6.04 Å². The summed E-state index contributed by atoms with van der Waals surface area (Å²) >= 11 is 3.92. The molecular formula is C12H20N2S2. The number of hydrogen-bond donors (Lipinski definition) is 1. The maximum atomic E-state index is 4.35. The van der Waals surface area contributed by atoms with Gasteiger partial charge in [-0.15, -0.1) is 11.3 Å². The molecule has 0 aliphatic heterocycles. The molecule has 0 saturated heterocycles. The van der Waals surface area contributed by atoms with Crippen molar-refractivity contribution >= 4 is 23.1 Å². The fourth-order valence-electron chi connectivity index (χ4n) is 2.12. The Hall–Kier alpha value is -0.0600. The number of likely N-dealkylation sites (N-methyl/N-ethyl adjacent to an activating group) is 1. The van der Waals surface area contributed by atoms with Crippen LogP contribution in [-0.4, -0.2) is 29.1 Å². The van der Waals surface area contributed by atoms with Crippen LogP contribution in [0.5, 0.6) is 0 Å². The first-order chi connectivity index (χ1) is 7.88. The molecule has 2 rings (SSSR count). The molecule has 4 heteroatoms. The van der Waals surface area contributed by atoms with Gasteiger partial charge in [0.05, 0.1) is 5.01 Å². The highest BCUT2D eigenvalue weighted by Crippen LogP contribution is 2.30. The Balaban J connectivity index is 1.72. The van der Waals surface area contributed by atoms with Crippen molar-refractivity contribution in [2.75, 3.05) is 12.8 Å². The van der Waals surface area contributed by atoms with Gasteiger partial charge in [-0.3, -0.25) is 0 Å². The Kier molecular flexibility index (Phi) is 5.13. The van der Waals surface area contributed by atoms with Gasteiger partial charge in [-0.2, -0.15) is 11.8 Å². The molecule has 1 fully saturated rings. The van der Waals surface area contributed by atoms with Crippen LogP contribution in [0.3, 0.4) is 0 Å².